The molecule has 0 radical (unpaired) electrons. The number of rotatable bonds is 5. The van der Waals surface area contributed by atoms with Crippen molar-refractivity contribution < 1.29 is 13.2 Å². The monoisotopic (exact) mass is 487 g/mol. The Morgan fingerprint density at radius 3 is 2.29 bits per heavy atom. The highest BCUT2D eigenvalue weighted by Gasteiger charge is 2.32. The van der Waals surface area contributed by atoms with Crippen molar-refractivity contribution >= 4 is 26.8 Å². The zero-order valence-corrected chi connectivity index (χ0v) is 21.5. The van der Waals surface area contributed by atoms with Gasteiger partial charge < -0.3 is 9.88 Å². The summed E-state index contributed by atoms with van der Waals surface area (Å²) >= 11 is 0. The fraction of sp³-hybridized carbons (Fsp3) is 0.615. The molecule has 1 aliphatic carbocycles. The zero-order chi connectivity index (χ0) is 24.6. The predicted molar refractivity (Wildman–Crippen MR) is 134 cm³/mol. The number of piperidine rings is 1. The van der Waals surface area contributed by atoms with Crippen molar-refractivity contribution in [3.63, 3.8) is 0 Å². The second kappa shape index (κ2) is 9.82. The van der Waals surface area contributed by atoms with Crippen LogP contribution in [0.3, 0.4) is 0 Å². The molecule has 0 spiro atoms. The van der Waals surface area contributed by atoms with Crippen LogP contribution in [0.2, 0.25) is 0 Å². The van der Waals surface area contributed by atoms with E-state index in [-0.39, 0.29) is 39.6 Å². The molecule has 1 aliphatic heterocycles. The van der Waals surface area contributed by atoms with Gasteiger partial charge in [-0.3, -0.25) is 9.59 Å². The van der Waals surface area contributed by atoms with Crippen LogP contribution in [0.25, 0.3) is 10.9 Å². The van der Waals surface area contributed by atoms with Gasteiger partial charge in [0, 0.05) is 37.3 Å². The third-order valence-electron chi connectivity index (χ3n) is 7.46. The zero-order valence-electron chi connectivity index (χ0n) is 20.7. The van der Waals surface area contributed by atoms with Crippen molar-refractivity contribution in [1.29, 1.82) is 0 Å². The molecule has 2 aliphatic rings. The molecule has 1 N–H and O–H groups in total. The van der Waals surface area contributed by atoms with Crippen LogP contribution in [0.15, 0.2) is 34.1 Å². The summed E-state index contributed by atoms with van der Waals surface area (Å²) in [6.45, 7) is 9.81. The van der Waals surface area contributed by atoms with E-state index in [0.29, 0.717) is 31.1 Å². The summed E-state index contributed by atoms with van der Waals surface area (Å²) in [4.78, 5) is 26.6. The Morgan fingerprint density at radius 1 is 1.03 bits per heavy atom. The van der Waals surface area contributed by atoms with Gasteiger partial charge in [-0.15, -0.1) is 0 Å². The van der Waals surface area contributed by atoms with Gasteiger partial charge in [0.25, 0.3) is 5.91 Å². The molecule has 1 aromatic carbocycles. The number of aryl methyl sites for hydroxylation is 1. The van der Waals surface area contributed by atoms with E-state index in [1.807, 2.05) is 11.5 Å². The summed E-state index contributed by atoms with van der Waals surface area (Å²) < 4.78 is 30.2. The van der Waals surface area contributed by atoms with Crippen molar-refractivity contribution in [3.05, 3.63) is 40.2 Å². The minimum atomic E-state index is -3.73. The van der Waals surface area contributed by atoms with E-state index in [0.717, 1.165) is 32.1 Å². The van der Waals surface area contributed by atoms with E-state index in [2.05, 4.69) is 26.1 Å². The average Bonchev–Trinajstić information content (AvgIpc) is 2.80. The molecule has 2 aromatic rings. The van der Waals surface area contributed by atoms with Gasteiger partial charge in [0.2, 0.25) is 15.5 Å². The Bertz CT molecular complexity index is 1220. The molecule has 2 atom stereocenters. The summed E-state index contributed by atoms with van der Waals surface area (Å²) in [7, 11) is -3.73. The first-order chi connectivity index (χ1) is 16.1. The number of pyridine rings is 1. The number of nitrogens with zero attached hydrogens (tertiary/aromatic N) is 2. The number of hydrogen-bond acceptors (Lipinski definition) is 4. The van der Waals surface area contributed by atoms with Gasteiger partial charge in [-0.25, -0.2) is 8.42 Å². The first-order valence-corrected chi connectivity index (χ1v) is 14.0. The molecule has 7 nitrogen and oxygen atoms in total. The Kier molecular flexibility index (Phi) is 7.20. The first-order valence-electron chi connectivity index (χ1n) is 12.6. The lowest BCUT2D eigenvalue weighted by Gasteiger charge is -2.34. The molecule has 2 heterocycles. The van der Waals surface area contributed by atoms with Crippen LogP contribution in [0.1, 0.15) is 70.2 Å². The van der Waals surface area contributed by atoms with Crippen molar-refractivity contribution in [1.82, 2.24) is 14.2 Å². The molecule has 2 fully saturated rings. The van der Waals surface area contributed by atoms with Gasteiger partial charge >= 0.3 is 0 Å². The number of hydrogen-bond donors (Lipinski definition) is 1. The normalized spacial score (nSPS) is 26.5. The molecule has 1 saturated heterocycles. The number of fused-ring (bicyclic) bond motifs is 1. The van der Waals surface area contributed by atoms with Gasteiger partial charge in [0.15, 0.2) is 0 Å². The fourth-order valence-electron chi connectivity index (χ4n) is 5.58. The Morgan fingerprint density at radius 2 is 1.68 bits per heavy atom. The van der Waals surface area contributed by atoms with Crippen LogP contribution in [-0.2, 0) is 16.6 Å². The Hall–Kier alpha value is -2.19. The van der Waals surface area contributed by atoms with Gasteiger partial charge in [0.05, 0.1) is 10.4 Å². The highest BCUT2D eigenvalue weighted by molar-refractivity contribution is 7.89. The predicted octanol–water partition coefficient (Wildman–Crippen LogP) is 4.00. The van der Waals surface area contributed by atoms with Crippen LogP contribution in [0.4, 0.5) is 0 Å². The van der Waals surface area contributed by atoms with Gasteiger partial charge in [-0.05, 0) is 75.0 Å². The highest BCUT2D eigenvalue weighted by Crippen LogP contribution is 2.28. The molecule has 8 heteroatoms. The van der Waals surface area contributed by atoms with Crippen LogP contribution in [-0.4, -0.2) is 42.3 Å². The number of benzene rings is 1. The molecule has 1 amide bonds. The van der Waals surface area contributed by atoms with Crippen molar-refractivity contribution in [3.8, 4) is 0 Å². The van der Waals surface area contributed by atoms with Crippen LogP contribution >= 0.6 is 0 Å². The molecule has 4 rings (SSSR count). The van der Waals surface area contributed by atoms with E-state index in [9.17, 15) is 18.0 Å². The van der Waals surface area contributed by atoms with Crippen LogP contribution in [0.5, 0.6) is 0 Å². The lowest BCUT2D eigenvalue weighted by atomic mass is 9.87. The fourth-order valence-corrected chi connectivity index (χ4v) is 7.29. The van der Waals surface area contributed by atoms with E-state index < -0.39 is 15.5 Å². The van der Waals surface area contributed by atoms with E-state index >= 15 is 0 Å². The third kappa shape index (κ3) is 4.93. The standard InChI is InChI=1S/C26H37N3O4S/c1-5-28-16-23(26(31)27-20-8-6-17(2)7-9-20)25(30)22-13-21(10-11-24(22)28)34(32,33)29-14-18(3)12-19(4)15-29/h10-11,13,16-20H,5-9,12,14-15H2,1-4H3,(H,27,31)/t17?,18-,19-,20?/m0/s1. The molecule has 0 bridgehead atoms. The minimum absolute atomic E-state index is 0.0720. The maximum atomic E-state index is 13.4. The summed E-state index contributed by atoms with van der Waals surface area (Å²) in [6, 6.07) is 4.80. The quantitative estimate of drug-likeness (QED) is 0.691. The molecular weight excluding hydrogens is 450 g/mol. The number of aromatic nitrogens is 1. The Labute approximate surface area is 202 Å². The van der Waals surface area contributed by atoms with E-state index in [4.69, 9.17) is 0 Å². The van der Waals surface area contributed by atoms with Crippen molar-refractivity contribution in [2.75, 3.05) is 13.1 Å². The van der Waals surface area contributed by atoms with Gasteiger partial charge in [0.1, 0.15) is 5.56 Å². The SMILES string of the molecule is CCn1cc(C(=O)NC2CCC(C)CC2)c(=O)c2cc(S(=O)(=O)N3C[C@@H](C)C[C@H](C)C3)ccc21. The minimum Gasteiger partial charge on any atom is -0.349 e. The van der Waals surface area contributed by atoms with Crippen molar-refractivity contribution in [2.45, 2.75) is 77.3 Å². The summed E-state index contributed by atoms with van der Waals surface area (Å²) in [5.74, 6) is 0.863. The lowest BCUT2D eigenvalue weighted by molar-refractivity contribution is 0.0921. The summed E-state index contributed by atoms with van der Waals surface area (Å²) in [5.41, 5.74) is 0.288. The number of amides is 1. The summed E-state index contributed by atoms with van der Waals surface area (Å²) in [5, 5.41) is 3.31. The molecule has 1 saturated carbocycles. The first kappa shape index (κ1) is 24.9. The number of sulfonamides is 1. The van der Waals surface area contributed by atoms with Crippen molar-refractivity contribution in [2.24, 2.45) is 17.8 Å². The Balaban J connectivity index is 1.71. The number of carbonyl (C=O) groups excluding carboxylic acids is 1. The maximum Gasteiger partial charge on any atom is 0.256 e. The molecule has 0 unspecified atom stereocenters. The van der Waals surface area contributed by atoms with Gasteiger partial charge in [-0.1, -0.05) is 20.8 Å². The number of carbonyl (C=O) groups is 1. The molecule has 1 aromatic heterocycles. The average molecular weight is 488 g/mol. The smallest absolute Gasteiger partial charge is 0.256 e. The lowest BCUT2D eigenvalue weighted by Crippen LogP contribution is -2.42. The molecular formula is C26H37N3O4S. The van der Waals surface area contributed by atoms with Gasteiger partial charge in [-0.2, -0.15) is 4.31 Å². The van der Waals surface area contributed by atoms with Crippen LogP contribution < -0.4 is 10.7 Å². The summed E-state index contributed by atoms with van der Waals surface area (Å²) in [6.07, 6.45) is 6.57. The second-order valence-electron chi connectivity index (χ2n) is 10.5. The van der Waals surface area contributed by atoms with E-state index in [1.165, 1.54) is 10.4 Å². The topological polar surface area (TPSA) is 88.5 Å². The van der Waals surface area contributed by atoms with Crippen LogP contribution in [0, 0.1) is 17.8 Å². The van der Waals surface area contributed by atoms with E-state index in [1.54, 1.807) is 18.3 Å². The second-order valence-corrected chi connectivity index (χ2v) is 12.5. The maximum absolute atomic E-state index is 13.4. The number of nitrogens with one attached hydrogen (secondary N) is 1. The third-order valence-corrected chi connectivity index (χ3v) is 9.29. The highest BCUT2D eigenvalue weighted by atomic mass is 32.2. The largest absolute Gasteiger partial charge is 0.349 e. The molecule has 34 heavy (non-hydrogen) atoms. The molecule has 186 valence electrons.